The zero-order valence-corrected chi connectivity index (χ0v) is 30.6. The molecule has 2 aliphatic heterocycles. The lowest BCUT2D eigenvalue weighted by Crippen LogP contribution is -2.31. The van der Waals surface area contributed by atoms with E-state index in [2.05, 4.69) is 25.7 Å². The lowest BCUT2D eigenvalue weighted by Gasteiger charge is -2.22. The summed E-state index contributed by atoms with van der Waals surface area (Å²) in [7, 11) is 0. The number of aromatic nitrogens is 4. The molecule has 0 aliphatic carbocycles. The Hall–Kier alpha value is -6.91. The Balaban J connectivity index is 0.000000173. The summed E-state index contributed by atoms with van der Waals surface area (Å²) in [5.74, 6) is 3.08. The molecule has 4 amide bonds. The van der Waals surface area contributed by atoms with Crippen LogP contribution in [0.2, 0.25) is 0 Å². The number of benzene rings is 4. The van der Waals surface area contributed by atoms with Crippen molar-refractivity contribution in [3.05, 3.63) is 112 Å². The third kappa shape index (κ3) is 6.94. The van der Waals surface area contributed by atoms with Crippen molar-refractivity contribution in [3.8, 4) is 22.3 Å². The minimum Gasteiger partial charge on any atom is -0.396 e. The molecule has 0 spiro atoms. The van der Waals surface area contributed by atoms with Crippen molar-refractivity contribution in [2.24, 2.45) is 11.6 Å². The molecule has 2 aromatic heterocycles. The van der Waals surface area contributed by atoms with Gasteiger partial charge < -0.3 is 26.8 Å². The van der Waals surface area contributed by atoms with Gasteiger partial charge in [-0.2, -0.15) is 0 Å². The highest BCUT2D eigenvalue weighted by Gasteiger charge is 2.29. The van der Waals surface area contributed by atoms with Crippen molar-refractivity contribution >= 4 is 51.1 Å². The van der Waals surface area contributed by atoms with Gasteiger partial charge in [-0.15, -0.1) is 20.4 Å². The average Bonchev–Trinajstić information content (AvgIpc) is 3.70. The summed E-state index contributed by atoms with van der Waals surface area (Å²) in [5, 5.41) is 29.5. The van der Waals surface area contributed by atoms with Crippen LogP contribution in [0.4, 0.5) is 10.1 Å². The van der Waals surface area contributed by atoms with Gasteiger partial charge >= 0.3 is 0 Å². The molecular formula is C40H37FN10O5. The first-order valence-electron chi connectivity index (χ1n) is 17.5. The molecule has 284 valence electrons. The Morgan fingerprint density at radius 1 is 0.911 bits per heavy atom. The Morgan fingerprint density at radius 3 is 2.36 bits per heavy atom. The fourth-order valence-electron chi connectivity index (χ4n) is 6.92. The Bertz CT molecular complexity index is 2640. The van der Waals surface area contributed by atoms with Crippen molar-refractivity contribution in [1.82, 2.24) is 36.0 Å². The fraction of sp³-hybridized carbons (Fsp3) is 0.200. The summed E-state index contributed by atoms with van der Waals surface area (Å²) < 4.78 is 14.5. The predicted molar refractivity (Wildman–Crippen MR) is 206 cm³/mol. The van der Waals surface area contributed by atoms with Crippen LogP contribution in [0.1, 0.15) is 78.7 Å². The second kappa shape index (κ2) is 14.4. The molecule has 4 heterocycles. The number of hydrogen-bond acceptors (Lipinski definition) is 11. The summed E-state index contributed by atoms with van der Waals surface area (Å²) in [4.78, 5) is 49.3. The van der Waals surface area contributed by atoms with Crippen LogP contribution in [0.15, 0.2) is 66.7 Å². The number of carbonyl (C=O) groups excluding carboxylic acids is 4. The smallest absolute Gasteiger partial charge is 0.285 e. The lowest BCUT2D eigenvalue weighted by molar-refractivity contribution is 0.0516. The first kappa shape index (κ1) is 37.4. The summed E-state index contributed by atoms with van der Waals surface area (Å²) in [6.45, 7) is 6.66. The number of anilines is 1. The maximum atomic E-state index is 14.5. The number of primary amides is 1. The molecule has 15 nitrogen and oxygen atoms in total. The minimum absolute atomic E-state index is 0.0335. The predicted octanol–water partition coefficient (Wildman–Crippen LogP) is 3.69. The van der Waals surface area contributed by atoms with Crippen molar-refractivity contribution in [3.63, 3.8) is 0 Å². The van der Waals surface area contributed by atoms with Gasteiger partial charge in [-0.05, 0) is 91.4 Å². The summed E-state index contributed by atoms with van der Waals surface area (Å²) in [6.07, 6.45) is 0.500. The number of hydrogen-bond donors (Lipinski definition) is 6. The van der Waals surface area contributed by atoms with Gasteiger partial charge in [0.05, 0.1) is 11.3 Å². The van der Waals surface area contributed by atoms with Crippen LogP contribution in [-0.2, 0) is 13.1 Å². The molecule has 0 fully saturated rings. The largest absolute Gasteiger partial charge is 0.396 e. The molecule has 4 aromatic carbocycles. The maximum absolute atomic E-state index is 14.5. The number of nitrogen functional groups attached to an aromatic ring is 2. The van der Waals surface area contributed by atoms with E-state index in [0.717, 1.165) is 27.8 Å². The molecule has 0 saturated carbocycles. The first-order chi connectivity index (χ1) is 26.6. The summed E-state index contributed by atoms with van der Waals surface area (Å²) >= 11 is 0. The Labute approximate surface area is 319 Å². The first-order valence-corrected chi connectivity index (χ1v) is 17.5. The van der Waals surface area contributed by atoms with Gasteiger partial charge in [-0.25, -0.2) is 10.2 Å². The highest BCUT2D eigenvalue weighted by molar-refractivity contribution is 6.08. The monoisotopic (exact) mass is 756 g/mol. The summed E-state index contributed by atoms with van der Waals surface area (Å²) in [5.41, 5.74) is 20.4. The van der Waals surface area contributed by atoms with Crippen LogP contribution in [0.25, 0.3) is 44.1 Å². The zero-order valence-electron chi connectivity index (χ0n) is 30.6. The number of amides is 4. The molecule has 0 saturated heterocycles. The van der Waals surface area contributed by atoms with Gasteiger partial charge in [0.15, 0.2) is 11.4 Å². The molecule has 16 heteroatoms. The van der Waals surface area contributed by atoms with E-state index < -0.39 is 23.2 Å². The van der Waals surface area contributed by atoms with Crippen LogP contribution >= 0.6 is 0 Å². The van der Waals surface area contributed by atoms with E-state index in [1.54, 1.807) is 43.9 Å². The molecule has 0 unspecified atom stereocenters. The molecule has 9 N–H and O–H groups in total. The van der Waals surface area contributed by atoms with Crippen molar-refractivity contribution in [2.45, 2.75) is 45.9 Å². The number of carbonyl (C=O) groups is 4. The highest BCUT2D eigenvalue weighted by atomic mass is 19.1. The molecule has 8 rings (SSSR count). The average molecular weight is 757 g/mol. The van der Waals surface area contributed by atoms with E-state index in [9.17, 15) is 28.7 Å². The number of nitrogens with two attached hydrogens (primary N) is 3. The van der Waals surface area contributed by atoms with Crippen molar-refractivity contribution in [1.29, 1.82) is 0 Å². The molecule has 56 heavy (non-hydrogen) atoms. The zero-order chi connectivity index (χ0) is 40.1. The van der Waals surface area contributed by atoms with Crippen LogP contribution in [0.5, 0.6) is 0 Å². The normalized spacial score (nSPS) is 13.3. The molecule has 0 bridgehead atoms. The quantitative estimate of drug-likeness (QED) is 0.0779. The van der Waals surface area contributed by atoms with Crippen LogP contribution < -0.4 is 28.1 Å². The molecule has 0 radical (unpaired) electrons. The Morgan fingerprint density at radius 2 is 1.62 bits per heavy atom. The number of rotatable bonds is 7. The standard InChI is InChI=1S/C22H23N5O3.C18H14FN5O2/c1-22(2,30)8-9-27-11-13-10-12(6-7-15(13)21(27)29)14-4-3-5-16-17(23)19(20(24)28)26-25-18(14)16;1-8-4-13(19)12-6-14(18(26)22-20)23-24-16(12)15(8)9-2-3-11-10(5-9)7-21-17(11)25/h3-7,10,30H,8-9,11H2,1-2H3,(H2,23,25)(H2,24,28);2-6H,7,20H2,1H3,(H,21,25)(H,22,26). The van der Waals surface area contributed by atoms with E-state index in [1.165, 1.54) is 12.1 Å². The third-order valence-corrected chi connectivity index (χ3v) is 9.82. The van der Waals surface area contributed by atoms with Gasteiger partial charge in [-0.1, -0.05) is 30.3 Å². The van der Waals surface area contributed by atoms with Crippen molar-refractivity contribution in [2.75, 3.05) is 12.3 Å². The van der Waals surface area contributed by atoms with E-state index in [4.69, 9.17) is 17.3 Å². The van der Waals surface area contributed by atoms with Crippen molar-refractivity contribution < 1.29 is 28.7 Å². The number of nitrogens with one attached hydrogen (secondary N) is 2. The van der Waals surface area contributed by atoms with E-state index in [1.807, 2.05) is 41.8 Å². The molecule has 2 aliphatic rings. The maximum Gasteiger partial charge on any atom is 0.285 e. The van der Waals surface area contributed by atoms with E-state index in [0.29, 0.717) is 64.7 Å². The van der Waals surface area contributed by atoms with Crippen LogP contribution in [-0.4, -0.2) is 66.2 Å². The number of aliphatic hydroxyl groups is 1. The number of nitrogens with zero attached hydrogens (tertiary/aromatic N) is 5. The van der Waals surface area contributed by atoms with Crippen LogP contribution in [0.3, 0.4) is 0 Å². The number of aryl methyl sites for hydroxylation is 1. The van der Waals surface area contributed by atoms with Gasteiger partial charge in [-0.3, -0.25) is 24.6 Å². The van der Waals surface area contributed by atoms with Gasteiger partial charge in [0.25, 0.3) is 23.6 Å². The second-order valence-electron chi connectivity index (χ2n) is 14.3. The topological polar surface area (TPSA) is 245 Å². The van der Waals surface area contributed by atoms with Gasteiger partial charge in [0.2, 0.25) is 0 Å². The highest BCUT2D eigenvalue weighted by Crippen LogP contribution is 2.36. The minimum atomic E-state index is -0.828. The molecule has 0 atom stereocenters. The number of halogens is 1. The third-order valence-electron chi connectivity index (χ3n) is 9.82. The van der Waals surface area contributed by atoms with Crippen LogP contribution in [0, 0.1) is 12.7 Å². The molecular weight excluding hydrogens is 720 g/mol. The fourth-order valence-corrected chi connectivity index (χ4v) is 6.92. The molecule has 6 aromatic rings. The SMILES string of the molecule is CC(C)(O)CCN1Cc2cc(-c3cccc4c(N)c(C(N)=O)nnc34)ccc2C1=O.Cc1cc(F)c2cc(C(=O)NN)nnc2c1-c1ccc2c(c1)CNC2=O. The van der Waals surface area contributed by atoms with E-state index in [-0.39, 0.29) is 34.3 Å². The second-order valence-corrected chi connectivity index (χ2v) is 14.3. The van der Waals surface area contributed by atoms with E-state index >= 15 is 0 Å². The summed E-state index contributed by atoms with van der Waals surface area (Å²) in [6, 6.07) is 19.3. The number of fused-ring (bicyclic) bond motifs is 4. The Kier molecular flexibility index (Phi) is 9.61. The van der Waals surface area contributed by atoms with Gasteiger partial charge in [0.1, 0.15) is 16.9 Å². The lowest BCUT2D eigenvalue weighted by atomic mass is 9.94. The van der Waals surface area contributed by atoms with Gasteiger partial charge in [0, 0.05) is 52.7 Å². The number of hydrazine groups is 1.